The summed E-state index contributed by atoms with van der Waals surface area (Å²) in [6, 6.07) is 14.6. The van der Waals surface area contributed by atoms with Gasteiger partial charge in [-0.25, -0.2) is 4.98 Å². The lowest BCUT2D eigenvalue weighted by molar-refractivity contribution is -0.120. The Hall–Kier alpha value is -3.36. The number of ether oxygens (including phenoxy) is 1. The molecule has 2 aromatic carbocycles. The second kappa shape index (κ2) is 9.59. The van der Waals surface area contributed by atoms with Crippen molar-refractivity contribution in [1.82, 2.24) is 15.2 Å². The molecule has 1 fully saturated rings. The second-order valence-electron chi connectivity index (χ2n) is 9.18. The fourth-order valence-electron chi connectivity index (χ4n) is 4.82. The lowest BCUT2D eigenvalue weighted by Gasteiger charge is -2.26. The maximum atomic E-state index is 12.9. The van der Waals surface area contributed by atoms with Crippen LogP contribution in [-0.2, 0) is 4.79 Å². The summed E-state index contributed by atoms with van der Waals surface area (Å²) in [4.78, 5) is 17.4. The lowest BCUT2D eigenvalue weighted by atomic mass is 9.81. The molecule has 1 saturated carbocycles. The predicted octanol–water partition coefficient (Wildman–Crippen LogP) is 6.38. The molecule has 10 heteroatoms. The van der Waals surface area contributed by atoms with Crippen molar-refractivity contribution in [3.63, 3.8) is 0 Å². The highest BCUT2D eigenvalue weighted by Crippen LogP contribution is 2.38. The monoisotopic (exact) mass is 523 g/mol. The van der Waals surface area contributed by atoms with Crippen LogP contribution in [0.1, 0.15) is 49.5 Å². The van der Waals surface area contributed by atoms with E-state index < -0.39 is 0 Å². The molecule has 2 aromatic heterocycles. The highest BCUT2D eigenvalue weighted by molar-refractivity contribution is 6.31. The van der Waals surface area contributed by atoms with Gasteiger partial charge >= 0.3 is 0 Å². The highest BCUT2D eigenvalue weighted by Gasteiger charge is 2.32. The Morgan fingerprint density at radius 2 is 1.72 bits per heavy atom. The van der Waals surface area contributed by atoms with Crippen LogP contribution in [0.2, 0.25) is 10.0 Å². The topological polar surface area (TPSA) is 102 Å². The van der Waals surface area contributed by atoms with Gasteiger partial charge in [-0.05, 0) is 74.2 Å². The van der Waals surface area contributed by atoms with Crippen LogP contribution in [0.5, 0.6) is 5.75 Å². The van der Waals surface area contributed by atoms with Crippen molar-refractivity contribution >= 4 is 51.5 Å². The van der Waals surface area contributed by atoms with Gasteiger partial charge < -0.3 is 19.8 Å². The Kier molecular flexibility index (Phi) is 6.15. The number of benzene rings is 2. The van der Waals surface area contributed by atoms with E-state index in [0.717, 1.165) is 42.3 Å². The number of pyridine rings is 1. The molecule has 36 heavy (non-hydrogen) atoms. The largest absolute Gasteiger partial charge is 0.477 e. The summed E-state index contributed by atoms with van der Waals surface area (Å²) in [5, 5.41) is 17.0. The molecule has 6 rings (SSSR count). The van der Waals surface area contributed by atoms with Crippen LogP contribution in [0.4, 0.5) is 11.5 Å². The van der Waals surface area contributed by atoms with E-state index in [4.69, 9.17) is 32.4 Å². The molecule has 3 heterocycles. The summed E-state index contributed by atoms with van der Waals surface area (Å²) in [7, 11) is 0. The van der Waals surface area contributed by atoms with Gasteiger partial charge in [0.15, 0.2) is 6.10 Å². The number of anilines is 2. The molecule has 1 amide bonds. The molecule has 0 bridgehead atoms. The Morgan fingerprint density at radius 1 is 0.944 bits per heavy atom. The summed E-state index contributed by atoms with van der Waals surface area (Å²) < 4.78 is 12.0. The minimum atomic E-state index is -0.368. The summed E-state index contributed by atoms with van der Waals surface area (Å²) in [5.74, 6) is 2.32. The number of nitrogens with one attached hydrogen (secondary N) is 2. The van der Waals surface area contributed by atoms with E-state index >= 15 is 0 Å². The van der Waals surface area contributed by atoms with E-state index in [9.17, 15) is 4.79 Å². The Bertz CT molecular complexity index is 1430. The summed E-state index contributed by atoms with van der Waals surface area (Å²) in [5.41, 5.74) is 1.64. The Labute approximate surface area is 217 Å². The van der Waals surface area contributed by atoms with Gasteiger partial charge in [0.1, 0.15) is 11.6 Å². The van der Waals surface area contributed by atoms with Crippen LogP contribution < -0.4 is 15.4 Å². The van der Waals surface area contributed by atoms with Gasteiger partial charge in [-0.3, -0.25) is 4.79 Å². The number of amides is 1. The van der Waals surface area contributed by atoms with Gasteiger partial charge in [0.2, 0.25) is 11.8 Å². The zero-order valence-corrected chi connectivity index (χ0v) is 20.7. The van der Waals surface area contributed by atoms with Crippen molar-refractivity contribution in [3.05, 3.63) is 70.4 Å². The number of halogens is 2. The van der Waals surface area contributed by atoms with Gasteiger partial charge in [-0.1, -0.05) is 23.2 Å². The molecule has 2 N–H and O–H groups in total. The maximum Gasteiger partial charge on any atom is 0.258 e. The molecular formula is C26H23Cl2N5O3. The minimum absolute atomic E-state index is 0.0130. The quantitative estimate of drug-likeness (QED) is 0.319. The zero-order chi connectivity index (χ0) is 24.6. The first kappa shape index (κ1) is 23.1. The molecule has 184 valence electrons. The number of hydrogen-bond acceptors (Lipinski definition) is 7. The lowest BCUT2D eigenvalue weighted by Crippen LogP contribution is -2.27. The predicted molar refractivity (Wildman–Crippen MR) is 138 cm³/mol. The van der Waals surface area contributed by atoms with E-state index in [2.05, 4.69) is 25.8 Å². The van der Waals surface area contributed by atoms with Crippen molar-refractivity contribution in [1.29, 1.82) is 0 Å². The summed E-state index contributed by atoms with van der Waals surface area (Å²) >= 11 is 12.1. The SMILES string of the molecule is O=C(Nc1ccc2cc(Cl)ccc2n1)C1CCC(c2nnc([C@H]3CNc4cc(Cl)ccc4O3)o2)CC1. The van der Waals surface area contributed by atoms with Gasteiger partial charge in [0, 0.05) is 27.3 Å². The molecule has 1 atom stereocenters. The highest BCUT2D eigenvalue weighted by atomic mass is 35.5. The molecule has 0 unspecified atom stereocenters. The average molecular weight is 524 g/mol. The number of carbonyl (C=O) groups excluding carboxylic acids is 1. The first-order valence-corrected chi connectivity index (χ1v) is 12.7. The van der Waals surface area contributed by atoms with Crippen LogP contribution >= 0.6 is 23.2 Å². The molecule has 8 nitrogen and oxygen atoms in total. The van der Waals surface area contributed by atoms with E-state index in [1.165, 1.54) is 0 Å². The number of rotatable bonds is 4. The summed E-state index contributed by atoms with van der Waals surface area (Å²) in [6.07, 6.45) is 2.72. The third-order valence-electron chi connectivity index (χ3n) is 6.77. The van der Waals surface area contributed by atoms with Crippen LogP contribution in [0.25, 0.3) is 10.9 Å². The van der Waals surface area contributed by atoms with E-state index in [-0.39, 0.29) is 23.8 Å². The van der Waals surface area contributed by atoms with E-state index in [1.54, 1.807) is 18.2 Å². The van der Waals surface area contributed by atoms with Crippen LogP contribution in [0, 0.1) is 5.92 Å². The van der Waals surface area contributed by atoms with E-state index in [1.807, 2.05) is 30.3 Å². The second-order valence-corrected chi connectivity index (χ2v) is 10.1. The molecule has 1 aliphatic carbocycles. The van der Waals surface area contributed by atoms with Crippen LogP contribution in [0.3, 0.4) is 0 Å². The molecule has 2 aliphatic rings. The minimum Gasteiger partial charge on any atom is -0.477 e. The standard InChI is InChI=1S/C26H23Cl2N5O3/c27-17-6-8-19-16(11-17)5-10-23(30-19)31-24(34)14-1-3-15(4-2-14)25-32-33-26(36-25)22-13-29-20-12-18(28)7-9-21(20)35-22/h5-12,14-15,22,29H,1-4,13H2,(H,30,31,34)/t14?,15?,22-/m1/s1. The third-order valence-corrected chi connectivity index (χ3v) is 7.24. The Morgan fingerprint density at radius 3 is 2.58 bits per heavy atom. The van der Waals surface area contributed by atoms with Crippen LogP contribution in [-0.4, -0.2) is 27.6 Å². The number of carbonyl (C=O) groups is 1. The summed E-state index contributed by atoms with van der Waals surface area (Å²) in [6.45, 7) is 0.512. The maximum absolute atomic E-state index is 12.9. The van der Waals surface area contributed by atoms with Gasteiger partial charge in [-0.2, -0.15) is 0 Å². The van der Waals surface area contributed by atoms with Crippen molar-refractivity contribution in [2.45, 2.75) is 37.7 Å². The van der Waals surface area contributed by atoms with E-state index in [0.29, 0.717) is 39.9 Å². The molecule has 4 aromatic rings. The number of nitrogens with zero attached hydrogens (tertiary/aromatic N) is 3. The van der Waals surface area contributed by atoms with Crippen LogP contribution in [0.15, 0.2) is 52.9 Å². The average Bonchev–Trinajstić information content (AvgIpc) is 3.39. The smallest absolute Gasteiger partial charge is 0.258 e. The normalized spacial score (nSPS) is 21.3. The van der Waals surface area contributed by atoms with Crippen molar-refractivity contribution in [2.75, 3.05) is 17.2 Å². The number of fused-ring (bicyclic) bond motifs is 2. The molecule has 0 spiro atoms. The van der Waals surface area contributed by atoms with Crippen molar-refractivity contribution < 1.29 is 13.9 Å². The van der Waals surface area contributed by atoms with Gasteiger partial charge in [-0.15, -0.1) is 10.2 Å². The third kappa shape index (κ3) is 4.70. The first-order valence-electron chi connectivity index (χ1n) is 11.9. The Balaban J connectivity index is 1.05. The van der Waals surface area contributed by atoms with Gasteiger partial charge in [0.05, 0.1) is 17.7 Å². The molecular weight excluding hydrogens is 501 g/mol. The van der Waals surface area contributed by atoms with Crippen molar-refractivity contribution in [2.24, 2.45) is 5.92 Å². The molecule has 0 radical (unpaired) electrons. The van der Waals surface area contributed by atoms with Gasteiger partial charge in [0.25, 0.3) is 5.89 Å². The number of hydrogen-bond donors (Lipinski definition) is 2. The molecule has 0 saturated heterocycles. The number of aromatic nitrogens is 3. The molecule has 1 aliphatic heterocycles. The first-order chi connectivity index (χ1) is 17.5. The fourth-order valence-corrected chi connectivity index (χ4v) is 5.17. The fraction of sp³-hybridized carbons (Fsp3) is 0.308. The zero-order valence-electron chi connectivity index (χ0n) is 19.2. The van der Waals surface area contributed by atoms with Crippen molar-refractivity contribution in [3.8, 4) is 5.75 Å².